The Bertz CT molecular complexity index is 319. The van der Waals surface area contributed by atoms with Gasteiger partial charge >= 0.3 is 0 Å². The van der Waals surface area contributed by atoms with Crippen molar-refractivity contribution in [1.82, 2.24) is 0 Å². The Hall–Kier alpha value is -0.340. The second-order valence-electron chi connectivity index (χ2n) is 6.59. The predicted molar refractivity (Wildman–Crippen MR) is 69.6 cm³/mol. The molecule has 2 nitrogen and oxygen atoms in total. The van der Waals surface area contributed by atoms with Crippen LogP contribution in [0.15, 0.2) is 11.6 Å². The van der Waals surface area contributed by atoms with Gasteiger partial charge in [0, 0.05) is 0 Å². The number of hydrogen-bond donors (Lipinski definition) is 2. The number of allylic oxidation sites excluding steroid dienone is 2. The zero-order valence-electron chi connectivity index (χ0n) is 11.4. The molecule has 0 aromatic heterocycles. The van der Waals surface area contributed by atoms with E-state index in [9.17, 15) is 10.2 Å². The Kier molecular flexibility index (Phi) is 3.39. The highest BCUT2D eigenvalue weighted by molar-refractivity contribution is 5.22. The molecule has 98 valence electrons. The van der Waals surface area contributed by atoms with E-state index in [0.717, 1.165) is 12.8 Å². The number of aliphatic hydroxyl groups excluding tert-OH is 1. The van der Waals surface area contributed by atoms with E-state index in [1.807, 2.05) is 0 Å². The van der Waals surface area contributed by atoms with E-state index >= 15 is 0 Å². The van der Waals surface area contributed by atoms with Crippen LogP contribution >= 0.6 is 0 Å². The monoisotopic (exact) mass is 238 g/mol. The average molecular weight is 238 g/mol. The fourth-order valence-electron chi connectivity index (χ4n) is 3.67. The molecule has 0 aromatic rings. The molecule has 0 bridgehead atoms. The molecule has 4 atom stereocenters. The van der Waals surface area contributed by atoms with E-state index in [0.29, 0.717) is 5.92 Å². The SMILES string of the molecule is C[C@@H]1CCCC2=CC[C@@H]([C@@](C)(O)CO)C[C@@]21C. The smallest absolute Gasteiger partial charge is 0.0880 e. The molecule has 1 saturated carbocycles. The van der Waals surface area contributed by atoms with Crippen molar-refractivity contribution in [3.8, 4) is 0 Å². The van der Waals surface area contributed by atoms with E-state index in [2.05, 4.69) is 19.9 Å². The van der Waals surface area contributed by atoms with E-state index in [4.69, 9.17) is 0 Å². The second kappa shape index (κ2) is 4.40. The third-order valence-electron chi connectivity index (χ3n) is 5.42. The lowest BCUT2D eigenvalue weighted by molar-refractivity contribution is -0.0662. The van der Waals surface area contributed by atoms with Gasteiger partial charge in [-0.2, -0.15) is 0 Å². The molecule has 2 N–H and O–H groups in total. The lowest BCUT2D eigenvalue weighted by Crippen LogP contribution is -2.45. The zero-order valence-corrected chi connectivity index (χ0v) is 11.4. The predicted octanol–water partition coefficient (Wildman–Crippen LogP) is 2.89. The first-order chi connectivity index (χ1) is 7.90. The Balaban J connectivity index is 2.24. The van der Waals surface area contributed by atoms with Crippen molar-refractivity contribution in [3.63, 3.8) is 0 Å². The molecule has 2 heteroatoms. The summed E-state index contributed by atoms with van der Waals surface area (Å²) in [5.74, 6) is 0.890. The fraction of sp³-hybridized carbons (Fsp3) is 0.867. The maximum absolute atomic E-state index is 10.3. The first-order valence-corrected chi connectivity index (χ1v) is 6.93. The Morgan fingerprint density at radius 3 is 2.88 bits per heavy atom. The summed E-state index contributed by atoms with van der Waals surface area (Å²) < 4.78 is 0. The standard InChI is InChI=1S/C15H26O2/c1-11-5-4-6-12-7-8-13(9-14(11,12)2)15(3,17)10-16/h7,11,13,16-17H,4-6,8-10H2,1-3H3/t11-,13-,14-,15+/m1/s1. The third-order valence-corrected chi connectivity index (χ3v) is 5.42. The Morgan fingerprint density at radius 1 is 1.53 bits per heavy atom. The molecule has 1 fully saturated rings. The molecule has 2 aliphatic rings. The molecule has 0 aliphatic heterocycles. The van der Waals surface area contributed by atoms with Gasteiger partial charge in [0.2, 0.25) is 0 Å². The van der Waals surface area contributed by atoms with Gasteiger partial charge in [0.05, 0.1) is 12.2 Å². The summed E-state index contributed by atoms with van der Waals surface area (Å²) >= 11 is 0. The number of rotatable bonds is 2. The average Bonchev–Trinajstić information content (AvgIpc) is 2.30. The number of fused-ring (bicyclic) bond motifs is 1. The molecule has 0 amide bonds. The molecule has 17 heavy (non-hydrogen) atoms. The zero-order chi connectivity index (χ0) is 12.7. The maximum atomic E-state index is 10.3. The summed E-state index contributed by atoms with van der Waals surface area (Å²) in [5, 5.41) is 19.6. The first kappa shape index (κ1) is 13.1. The minimum absolute atomic E-state index is 0.134. The van der Waals surface area contributed by atoms with Crippen molar-refractivity contribution in [2.24, 2.45) is 17.3 Å². The van der Waals surface area contributed by atoms with Crippen molar-refractivity contribution in [3.05, 3.63) is 11.6 Å². The largest absolute Gasteiger partial charge is 0.393 e. The van der Waals surface area contributed by atoms with Crippen LogP contribution in [-0.2, 0) is 0 Å². The summed E-state index contributed by atoms with van der Waals surface area (Å²) in [4.78, 5) is 0. The molecule has 2 aliphatic carbocycles. The van der Waals surface area contributed by atoms with E-state index in [1.165, 1.54) is 19.3 Å². The maximum Gasteiger partial charge on any atom is 0.0880 e. The van der Waals surface area contributed by atoms with Crippen LogP contribution in [-0.4, -0.2) is 22.4 Å². The normalized spacial score (nSPS) is 41.4. The Labute approximate surface area is 105 Å². The van der Waals surface area contributed by atoms with Crippen LogP contribution in [0.2, 0.25) is 0 Å². The molecular weight excluding hydrogens is 212 g/mol. The third kappa shape index (κ3) is 2.17. The van der Waals surface area contributed by atoms with E-state index < -0.39 is 5.60 Å². The van der Waals surface area contributed by atoms with Crippen LogP contribution < -0.4 is 0 Å². The molecule has 0 saturated heterocycles. The molecule has 0 aromatic carbocycles. The van der Waals surface area contributed by atoms with Gasteiger partial charge in [0.25, 0.3) is 0 Å². The van der Waals surface area contributed by atoms with Crippen LogP contribution in [0.5, 0.6) is 0 Å². The molecule has 0 unspecified atom stereocenters. The van der Waals surface area contributed by atoms with Crippen LogP contribution in [0.3, 0.4) is 0 Å². The lowest BCUT2D eigenvalue weighted by atomic mass is 9.57. The Morgan fingerprint density at radius 2 is 2.24 bits per heavy atom. The first-order valence-electron chi connectivity index (χ1n) is 6.93. The van der Waals surface area contributed by atoms with Gasteiger partial charge in [-0.05, 0) is 56.3 Å². The van der Waals surface area contributed by atoms with Crippen molar-refractivity contribution in [2.45, 2.75) is 58.5 Å². The number of hydrogen-bond acceptors (Lipinski definition) is 2. The van der Waals surface area contributed by atoms with E-state index in [1.54, 1.807) is 12.5 Å². The van der Waals surface area contributed by atoms with Gasteiger partial charge in [-0.3, -0.25) is 0 Å². The van der Waals surface area contributed by atoms with Crippen molar-refractivity contribution >= 4 is 0 Å². The van der Waals surface area contributed by atoms with Gasteiger partial charge < -0.3 is 10.2 Å². The van der Waals surface area contributed by atoms with Crippen LogP contribution in [0.25, 0.3) is 0 Å². The summed E-state index contributed by atoms with van der Waals surface area (Å²) in [7, 11) is 0. The summed E-state index contributed by atoms with van der Waals surface area (Å²) in [5.41, 5.74) is 0.920. The van der Waals surface area contributed by atoms with Crippen molar-refractivity contribution in [1.29, 1.82) is 0 Å². The molecular formula is C15H26O2. The molecule has 0 heterocycles. The summed E-state index contributed by atoms with van der Waals surface area (Å²) in [6, 6.07) is 0. The van der Waals surface area contributed by atoms with Gasteiger partial charge in [0.15, 0.2) is 0 Å². The van der Waals surface area contributed by atoms with Crippen LogP contribution in [0, 0.1) is 17.3 Å². The number of aliphatic hydroxyl groups is 2. The quantitative estimate of drug-likeness (QED) is 0.726. The van der Waals surface area contributed by atoms with Crippen LogP contribution in [0.4, 0.5) is 0 Å². The summed E-state index contributed by atoms with van der Waals surface area (Å²) in [6.07, 6.45) is 8.12. The highest BCUT2D eigenvalue weighted by atomic mass is 16.3. The topological polar surface area (TPSA) is 40.5 Å². The minimum atomic E-state index is -0.928. The van der Waals surface area contributed by atoms with Crippen molar-refractivity contribution in [2.75, 3.05) is 6.61 Å². The van der Waals surface area contributed by atoms with Gasteiger partial charge in [-0.1, -0.05) is 25.5 Å². The van der Waals surface area contributed by atoms with Crippen molar-refractivity contribution < 1.29 is 10.2 Å². The minimum Gasteiger partial charge on any atom is -0.393 e. The molecule has 2 rings (SSSR count). The van der Waals surface area contributed by atoms with Gasteiger partial charge in [-0.25, -0.2) is 0 Å². The van der Waals surface area contributed by atoms with E-state index in [-0.39, 0.29) is 17.9 Å². The van der Waals surface area contributed by atoms with Crippen LogP contribution in [0.1, 0.15) is 52.9 Å². The highest BCUT2D eigenvalue weighted by Gasteiger charge is 2.45. The van der Waals surface area contributed by atoms with Gasteiger partial charge in [0.1, 0.15) is 0 Å². The molecule has 0 radical (unpaired) electrons. The fourth-order valence-corrected chi connectivity index (χ4v) is 3.67. The molecule has 0 spiro atoms. The second-order valence-corrected chi connectivity index (χ2v) is 6.59. The highest BCUT2D eigenvalue weighted by Crippen LogP contribution is 2.53. The van der Waals surface area contributed by atoms with Gasteiger partial charge in [-0.15, -0.1) is 0 Å². The summed E-state index contributed by atoms with van der Waals surface area (Å²) in [6.45, 7) is 6.32. The lowest BCUT2D eigenvalue weighted by Gasteiger charge is -2.49.